The summed E-state index contributed by atoms with van der Waals surface area (Å²) in [7, 11) is 0. The van der Waals surface area contributed by atoms with Gasteiger partial charge >= 0.3 is 0 Å². The second-order valence-electron chi connectivity index (χ2n) is 4.09. The van der Waals surface area contributed by atoms with E-state index >= 15 is 0 Å². The summed E-state index contributed by atoms with van der Waals surface area (Å²) in [4.78, 5) is 0. The van der Waals surface area contributed by atoms with E-state index in [0.717, 1.165) is 12.3 Å². The molecule has 0 aliphatic heterocycles. The molecule has 0 amide bonds. The molecule has 0 bridgehead atoms. The molecule has 1 saturated carbocycles. The fourth-order valence-corrected chi connectivity index (χ4v) is 1.61. The number of rotatable bonds is 2. The normalized spacial score (nSPS) is 20.2. The second-order valence-corrected chi connectivity index (χ2v) is 4.09. The molecule has 1 aliphatic rings. The Balaban J connectivity index is 0. The van der Waals surface area contributed by atoms with Crippen molar-refractivity contribution in [2.75, 3.05) is 0 Å². The van der Waals surface area contributed by atoms with Crippen molar-refractivity contribution in [1.29, 1.82) is 0 Å². The van der Waals surface area contributed by atoms with Gasteiger partial charge in [-0.1, -0.05) is 44.6 Å². The van der Waals surface area contributed by atoms with E-state index < -0.39 is 0 Å². The van der Waals surface area contributed by atoms with Gasteiger partial charge in [-0.15, -0.1) is 13.2 Å². The van der Waals surface area contributed by atoms with Gasteiger partial charge in [-0.3, -0.25) is 0 Å². The van der Waals surface area contributed by atoms with Crippen LogP contribution in [-0.4, -0.2) is 0 Å². The van der Waals surface area contributed by atoms with Crippen molar-refractivity contribution in [3.8, 4) is 0 Å². The van der Waals surface area contributed by atoms with Crippen LogP contribution in [0.4, 0.5) is 0 Å². The van der Waals surface area contributed by atoms with Crippen molar-refractivity contribution in [2.45, 2.75) is 59.8 Å². The van der Waals surface area contributed by atoms with E-state index in [1.807, 2.05) is 13.0 Å². The van der Waals surface area contributed by atoms with E-state index in [2.05, 4.69) is 40.0 Å². The number of allylic oxidation sites excluding steroid dienone is 4. The Morgan fingerprint density at radius 3 is 2.00 bits per heavy atom. The van der Waals surface area contributed by atoms with Gasteiger partial charge in [0.05, 0.1) is 0 Å². The van der Waals surface area contributed by atoms with Crippen molar-refractivity contribution in [1.82, 2.24) is 0 Å². The van der Waals surface area contributed by atoms with Crippen molar-refractivity contribution in [2.24, 2.45) is 5.92 Å². The summed E-state index contributed by atoms with van der Waals surface area (Å²) in [6.07, 6.45) is 12.5. The topological polar surface area (TPSA) is 0 Å². The van der Waals surface area contributed by atoms with Crippen molar-refractivity contribution in [3.63, 3.8) is 0 Å². The summed E-state index contributed by atoms with van der Waals surface area (Å²) in [5, 5.41) is 0. The molecule has 94 valence electrons. The van der Waals surface area contributed by atoms with Crippen LogP contribution in [0, 0.1) is 5.92 Å². The molecule has 0 aromatic rings. The molecule has 1 aliphatic carbocycles. The van der Waals surface area contributed by atoms with Crippen LogP contribution in [0.1, 0.15) is 59.8 Å². The zero-order chi connectivity index (χ0) is 12.8. The quantitative estimate of drug-likeness (QED) is 0.509. The molecule has 0 nitrogen and oxygen atoms in total. The van der Waals surface area contributed by atoms with Gasteiger partial charge < -0.3 is 0 Å². The lowest BCUT2D eigenvalue weighted by atomic mass is 10.0. The Morgan fingerprint density at radius 2 is 1.75 bits per heavy atom. The standard InChI is InChI=1S/C9H16.C4H8.C3H6/c1-3-5-9-7-4-6-8(9)2;1-3-4-2;1-3-2/h5,8H,3-4,6-7H2,1-2H3;3H,1,4H2,2H3;3H,1H2,2H3. The van der Waals surface area contributed by atoms with Gasteiger partial charge in [0.25, 0.3) is 0 Å². The van der Waals surface area contributed by atoms with E-state index in [4.69, 9.17) is 0 Å². The SMILES string of the molecule is C=CC.C=CCC.CCC=C1CCCC1C. The van der Waals surface area contributed by atoms with Gasteiger partial charge in [-0.25, -0.2) is 0 Å². The highest BCUT2D eigenvalue weighted by atomic mass is 14.2. The molecule has 0 heterocycles. The number of hydrogen-bond donors (Lipinski definition) is 0. The van der Waals surface area contributed by atoms with Crippen LogP contribution in [0.25, 0.3) is 0 Å². The molecule has 1 rings (SSSR count). The Bertz CT molecular complexity index is 186. The van der Waals surface area contributed by atoms with Gasteiger partial charge in [0.15, 0.2) is 0 Å². The second kappa shape index (κ2) is 14.2. The molecule has 1 fully saturated rings. The smallest absolute Gasteiger partial charge is 0.0232 e. The van der Waals surface area contributed by atoms with E-state index in [9.17, 15) is 0 Å². The lowest BCUT2D eigenvalue weighted by Gasteiger charge is -2.01. The molecule has 0 radical (unpaired) electrons. The zero-order valence-corrected chi connectivity index (χ0v) is 11.8. The first kappa shape index (κ1) is 17.6. The van der Waals surface area contributed by atoms with E-state index in [1.54, 1.807) is 11.6 Å². The van der Waals surface area contributed by atoms with Crippen LogP contribution >= 0.6 is 0 Å². The highest BCUT2D eigenvalue weighted by Gasteiger charge is 2.14. The lowest BCUT2D eigenvalue weighted by molar-refractivity contribution is 0.694. The van der Waals surface area contributed by atoms with E-state index in [1.165, 1.54) is 25.7 Å². The minimum Gasteiger partial charge on any atom is -0.103 e. The van der Waals surface area contributed by atoms with Gasteiger partial charge in [0, 0.05) is 0 Å². The maximum absolute atomic E-state index is 3.48. The van der Waals surface area contributed by atoms with Gasteiger partial charge in [0.1, 0.15) is 0 Å². The predicted molar refractivity (Wildman–Crippen MR) is 77.7 cm³/mol. The van der Waals surface area contributed by atoms with Crippen LogP contribution in [-0.2, 0) is 0 Å². The fourth-order valence-electron chi connectivity index (χ4n) is 1.61. The summed E-state index contributed by atoms with van der Waals surface area (Å²) in [5.41, 5.74) is 1.71. The number of hydrogen-bond acceptors (Lipinski definition) is 0. The molecule has 1 unspecified atom stereocenters. The van der Waals surface area contributed by atoms with Crippen LogP contribution in [0.15, 0.2) is 37.0 Å². The zero-order valence-electron chi connectivity index (χ0n) is 11.8. The summed E-state index contributed by atoms with van der Waals surface area (Å²) >= 11 is 0. The Hall–Kier alpha value is -0.780. The molecule has 1 atom stereocenters. The molecule has 0 aromatic heterocycles. The highest BCUT2D eigenvalue weighted by Crippen LogP contribution is 2.30. The molecule has 0 N–H and O–H groups in total. The molecular weight excluding hydrogens is 192 g/mol. The minimum absolute atomic E-state index is 0.893. The molecule has 0 aromatic carbocycles. The molecule has 16 heavy (non-hydrogen) atoms. The average molecular weight is 222 g/mol. The first-order valence-corrected chi connectivity index (χ1v) is 6.54. The molecular formula is C16H30. The van der Waals surface area contributed by atoms with Crippen LogP contribution < -0.4 is 0 Å². The Kier molecular flexibility index (Phi) is 15.7. The summed E-state index contributed by atoms with van der Waals surface area (Å²) in [6.45, 7) is 15.4. The molecule has 0 spiro atoms. The van der Waals surface area contributed by atoms with Crippen molar-refractivity contribution in [3.05, 3.63) is 37.0 Å². The monoisotopic (exact) mass is 222 g/mol. The van der Waals surface area contributed by atoms with Gasteiger partial charge in [0.2, 0.25) is 0 Å². The van der Waals surface area contributed by atoms with Gasteiger partial charge in [-0.05, 0) is 44.9 Å². The van der Waals surface area contributed by atoms with Crippen LogP contribution in [0.2, 0.25) is 0 Å². The van der Waals surface area contributed by atoms with Crippen molar-refractivity contribution < 1.29 is 0 Å². The highest BCUT2D eigenvalue weighted by molar-refractivity contribution is 5.09. The third kappa shape index (κ3) is 11.3. The molecule has 0 saturated heterocycles. The van der Waals surface area contributed by atoms with Crippen molar-refractivity contribution >= 4 is 0 Å². The maximum atomic E-state index is 3.48. The molecule has 0 heteroatoms. The fraction of sp³-hybridized carbons (Fsp3) is 0.625. The minimum atomic E-state index is 0.893. The maximum Gasteiger partial charge on any atom is -0.0232 e. The summed E-state index contributed by atoms with van der Waals surface area (Å²) < 4.78 is 0. The largest absolute Gasteiger partial charge is 0.103 e. The summed E-state index contributed by atoms with van der Waals surface area (Å²) in [5.74, 6) is 0.893. The predicted octanol–water partition coefficient (Wildman–Crippen LogP) is 5.92. The van der Waals surface area contributed by atoms with E-state index in [-0.39, 0.29) is 0 Å². The third-order valence-electron chi connectivity index (χ3n) is 2.49. The summed E-state index contributed by atoms with van der Waals surface area (Å²) in [6, 6.07) is 0. The Morgan fingerprint density at radius 1 is 1.25 bits per heavy atom. The first-order chi connectivity index (χ1) is 7.67. The van der Waals surface area contributed by atoms with Crippen LogP contribution in [0.5, 0.6) is 0 Å². The third-order valence-corrected chi connectivity index (χ3v) is 2.49. The van der Waals surface area contributed by atoms with Crippen LogP contribution in [0.3, 0.4) is 0 Å². The Labute approximate surface area is 103 Å². The first-order valence-electron chi connectivity index (χ1n) is 6.54. The lowest BCUT2D eigenvalue weighted by Crippen LogP contribution is -1.86. The van der Waals surface area contributed by atoms with E-state index in [0.29, 0.717) is 0 Å². The average Bonchev–Trinajstić information content (AvgIpc) is 2.67. The van der Waals surface area contributed by atoms with Gasteiger partial charge in [-0.2, -0.15) is 0 Å².